The highest BCUT2D eigenvalue weighted by molar-refractivity contribution is 5.88. The molecule has 0 amide bonds. The predicted molar refractivity (Wildman–Crippen MR) is 70.6 cm³/mol. The second-order valence-corrected chi connectivity index (χ2v) is 4.13. The predicted octanol–water partition coefficient (Wildman–Crippen LogP) is 2.97. The second-order valence-electron chi connectivity index (χ2n) is 4.13. The zero-order valence-electron chi connectivity index (χ0n) is 10.6. The van der Waals surface area contributed by atoms with Crippen molar-refractivity contribution in [3.05, 3.63) is 35.4 Å². The first kappa shape index (κ1) is 13.3. The van der Waals surface area contributed by atoms with Crippen LogP contribution in [0.5, 0.6) is 0 Å². The Kier molecular flexibility index (Phi) is 4.76. The van der Waals surface area contributed by atoms with Gasteiger partial charge in [-0.3, -0.25) is 0 Å². The Morgan fingerprint density at radius 1 is 1.47 bits per heavy atom. The number of hydrogen-bond acceptors (Lipinski definition) is 3. The van der Waals surface area contributed by atoms with Crippen molar-refractivity contribution in [2.24, 2.45) is 0 Å². The van der Waals surface area contributed by atoms with Crippen molar-refractivity contribution in [2.75, 3.05) is 12.3 Å². The average molecular weight is 233 g/mol. The molecule has 3 nitrogen and oxygen atoms in total. The Balaban J connectivity index is 2.89. The van der Waals surface area contributed by atoms with Crippen LogP contribution in [-0.4, -0.2) is 12.6 Å². The lowest BCUT2D eigenvalue weighted by Crippen LogP contribution is -1.99. The maximum absolute atomic E-state index is 11.2. The number of benzene rings is 1. The molecule has 0 saturated heterocycles. The van der Waals surface area contributed by atoms with Crippen LogP contribution in [0.15, 0.2) is 24.3 Å². The molecule has 1 rings (SSSR count). The van der Waals surface area contributed by atoms with Crippen LogP contribution < -0.4 is 5.73 Å². The number of anilines is 1. The molecule has 0 aliphatic rings. The van der Waals surface area contributed by atoms with Gasteiger partial charge in [-0.25, -0.2) is 4.79 Å². The van der Waals surface area contributed by atoms with E-state index >= 15 is 0 Å². The first-order chi connectivity index (χ1) is 8.04. The van der Waals surface area contributed by atoms with Gasteiger partial charge in [-0.1, -0.05) is 19.9 Å². The number of carbonyl (C=O) groups is 1. The molecule has 0 aliphatic heterocycles. The largest absolute Gasteiger partial charge is 0.463 e. The second kappa shape index (κ2) is 6.09. The molecule has 0 radical (unpaired) electrons. The van der Waals surface area contributed by atoms with Crippen molar-refractivity contribution in [1.82, 2.24) is 0 Å². The Hall–Kier alpha value is -1.77. The van der Waals surface area contributed by atoms with Gasteiger partial charge < -0.3 is 10.5 Å². The minimum atomic E-state index is -0.346. The molecule has 0 heterocycles. The Bertz CT molecular complexity index is 422. The molecule has 0 aliphatic carbocycles. The lowest BCUT2D eigenvalue weighted by atomic mass is 9.99. The van der Waals surface area contributed by atoms with E-state index in [2.05, 4.69) is 13.8 Å². The molecule has 1 aromatic rings. The zero-order chi connectivity index (χ0) is 12.8. The summed E-state index contributed by atoms with van der Waals surface area (Å²) in [5.41, 5.74) is 8.56. The molecule has 3 heteroatoms. The van der Waals surface area contributed by atoms with E-state index in [1.54, 1.807) is 13.0 Å². The van der Waals surface area contributed by atoms with Gasteiger partial charge in [0.1, 0.15) is 0 Å². The number of rotatable bonds is 4. The Labute approximate surface area is 102 Å². The van der Waals surface area contributed by atoms with Crippen LogP contribution in [0.25, 0.3) is 6.08 Å². The normalized spacial score (nSPS) is 11.1. The molecule has 0 fully saturated rings. The lowest BCUT2D eigenvalue weighted by Gasteiger charge is -2.08. The van der Waals surface area contributed by atoms with Crippen molar-refractivity contribution in [1.29, 1.82) is 0 Å². The molecule has 0 spiro atoms. The summed E-state index contributed by atoms with van der Waals surface area (Å²) in [5, 5.41) is 0. The lowest BCUT2D eigenvalue weighted by molar-refractivity contribution is -0.137. The first-order valence-corrected chi connectivity index (χ1v) is 5.78. The quantitative estimate of drug-likeness (QED) is 0.494. The minimum absolute atomic E-state index is 0.346. The number of nitrogen functional groups attached to an aromatic ring is 1. The fourth-order valence-corrected chi connectivity index (χ4v) is 1.44. The van der Waals surface area contributed by atoms with Crippen molar-refractivity contribution in [3.63, 3.8) is 0 Å². The van der Waals surface area contributed by atoms with E-state index in [1.165, 1.54) is 11.6 Å². The maximum atomic E-state index is 11.2. The van der Waals surface area contributed by atoms with Crippen LogP contribution >= 0.6 is 0 Å². The average Bonchev–Trinajstić information content (AvgIpc) is 2.28. The summed E-state index contributed by atoms with van der Waals surface area (Å²) in [6.45, 7) is 6.39. The third-order valence-electron chi connectivity index (χ3n) is 2.46. The Morgan fingerprint density at radius 3 is 2.76 bits per heavy atom. The summed E-state index contributed by atoms with van der Waals surface area (Å²) in [5.74, 6) is 0.0900. The van der Waals surface area contributed by atoms with Gasteiger partial charge in [0.2, 0.25) is 0 Å². The van der Waals surface area contributed by atoms with E-state index in [0.29, 0.717) is 18.2 Å². The van der Waals surface area contributed by atoms with Gasteiger partial charge in [-0.15, -0.1) is 0 Å². The fraction of sp³-hybridized carbons (Fsp3) is 0.357. The molecule has 0 atom stereocenters. The number of esters is 1. The molecule has 0 saturated carbocycles. The SMILES string of the molecule is CCOC(=O)C=Cc1cc(C(C)C)ccc1N. The summed E-state index contributed by atoms with van der Waals surface area (Å²) in [7, 11) is 0. The van der Waals surface area contributed by atoms with Crippen LogP contribution in [0.4, 0.5) is 5.69 Å². The van der Waals surface area contributed by atoms with Crippen LogP contribution in [0.1, 0.15) is 37.8 Å². The number of carbonyl (C=O) groups excluding carboxylic acids is 1. The van der Waals surface area contributed by atoms with Crippen LogP contribution in [0.2, 0.25) is 0 Å². The molecule has 0 unspecified atom stereocenters. The van der Waals surface area contributed by atoms with Crippen molar-refractivity contribution >= 4 is 17.7 Å². The molecule has 0 bridgehead atoms. The highest BCUT2D eigenvalue weighted by Crippen LogP contribution is 2.21. The van der Waals surface area contributed by atoms with E-state index in [1.807, 2.05) is 18.2 Å². The highest BCUT2D eigenvalue weighted by Gasteiger charge is 2.03. The summed E-state index contributed by atoms with van der Waals surface area (Å²) in [6.07, 6.45) is 3.10. The molecule has 17 heavy (non-hydrogen) atoms. The summed E-state index contributed by atoms with van der Waals surface area (Å²) < 4.78 is 4.81. The molecule has 0 aromatic heterocycles. The third kappa shape index (κ3) is 3.94. The van der Waals surface area contributed by atoms with Gasteiger partial charge in [0, 0.05) is 11.8 Å². The minimum Gasteiger partial charge on any atom is -0.463 e. The van der Waals surface area contributed by atoms with Gasteiger partial charge in [-0.2, -0.15) is 0 Å². The summed E-state index contributed by atoms with van der Waals surface area (Å²) >= 11 is 0. The standard InChI is InChI=1S/C14H19NO2/c1-4-17-14(16)8-6-12-9-11(10(2)3)5-7-13(12)15/h5-10H,4,15H2,1-3H3. The molecular weight excluding hydrogens is 214 g/mol. The van der Waals surface area contributed by atoms with E-state index in [9.17, 15) is 4.79 Å². The molecule has 2 N–H and O–H groups in total. The van der Waals surface area contributed by atoms with Crippen LogP contribution in [-0.2, 0) is 9.53 Å². The summed E-state index contributed by atoms with van der Waals surface area (Å²) in [6, 6.07) is 5.86. The molecule has 92 valence electrons. The number of ether oxygens (including phenoxy) is 1. The monoisotopic (exact) mass is 233 g/mol. The fourth-order valence-electron chi connectivity index (χ4n) is 1.44. The van der Waals surface area contributed by atoms with Crippen molar-refractivity contribution < 1.29 is 9.53 Å². The maximum Gasteiger partial charge on any atom is 0.330 e. The zero-order valence-corrected chi connectivity index (χ0v) is 10.6. The van der Waals surface area contributed by atoms with Crippen LogP contribution in [0, 0.1) is 0 Å². The van der Waals surface area contributed by atoms with Crippen LogP contribution in [0.3, 0.4) is 0 Å². The van der Waals surface area contributed by atoms with E-state index in [-0.39, 0.29) is 5.97 Å². The molecule has 1 aromatic carbocycles. The van der Waals surface area contributed by atoms with Gasteiger partial charge in [0.15, 0.2) is 0 Å². The first-order valence-electron chi connectivity index (χ1n) is 5.78. The van der Waals surface area contributed by atoms with Gasteiger partial charge in [0.05, 0.1) is 6.61 Å². The van der Waals surface area contributed by atoms with Gasteiger partial charge in [0.25, 0.3) is 0 Å². The topological polar surface area (TPSA) is 52.3 Å². The molecular formula is C14H19NO2. The van der Waals surface area contributed by atoms with Crippen molar-refractivity contribution in [2.45, 2.75) is 26.7 Å². The number of nitrogens with two attached hydrogens (primary N) is 1. The van der Waals surface area contributed by atoms with E-state index < -0.39 is 0 Å². The smallest absolute Gasteiger partial charge is 0.330 e. The van der Waals surface area contributed by atoms with Gasteiger partial charge in [-0.05, 0) is 42.2 Å². The van der Waals surface area contributed by atoms with Gasteiger partial charge >= 0.3 is 5.97 Å². The Morgan fingerprint density at radius 2 is 2.18 bits per heavy atom. The number of hydrogen-bond donors (Lipinski definition) is 1. The summed E-state index contributed by atoms with van der Waals surface area (Å²) in [4.78, 5) is 11.2. The van der Waals surface area contributed by atoms with E-state index in [0.717, 1.165) is 5.56 Å². The van der Waals surface area contributed by atoms with Crippen molar-refractivity contribution in [3.8, 4) is 0 Å². The van der Waals surface area contributed by atoms with E-state index in [4.69, 9.17) is 10.5 Å². The highest BCUT2D eigenvalue weighted by atomic mass is 16.5. The third-order valence-corrected chi connectivity index (χ3v) is 2.46.